The van der Waals surface area contributed by atoms with Gasteiger partial charge in [0.15, 0.2) is 0 Å². The fourth-order valence-corrected chi connectivity index (χ4v) is 5.52. The summed E-state index contributed by atoms with van der Waals surface area (Å²) < 4.78 is 28.6. The summed E-state index contributed by atoms with van der Waals surface area (Å²) in [6.07, 6.45) is 10.1. The molecule has 1 aromatic heterocycles. The van der Waals surface area contributed by atoms with Crippen molar-refractivity contribution in [2.45, 2.75) is 69.6 Å². The van der Waals surface area contributed by atoms with Gasteiger partial charge in [-0.3, -0.25) is 9.78 Å². The number of allylic oxidation sites excluding steroid dienone is 2. The third kappa shape index (κ3) is 5.30. The van der Waals surface area contributed by atoms with E-state index in [1.54, 1.807) is 0 Å². The Kier molecular flexibility index (Phi) is 7.56. The van der Waals surface area contributed by atoms with E-state index in [-0.39, 0.29) is 27.7 Å². The SMILES string of the molecule is CCCCCc1cc(O)c(C2C=C(C)CCC2)c(O)c1S(=O)(=O)NC(=O)c1cccnc1. The van der Waals surface area contributed by atoms with Crippen LogP contribution in [0.4, 0.5) is 0 Å². The van der Waals surface area contributed by atoms with Crippen LogP contribution in [0.5, 0.6) is 11.5 Å². The molecular weight excluding hydrogens is 428 g/mol. The molecule has 1 atom stereocenters. The van der Waals surface area contributed by atoms with Gasteiger partial charge in [0.1, 0.15) is 16.4 Å². The average Bonchev–Trinajstić information content (AvgIpc) is 2.74. The summed E-state index contributed by atoms with van der Waals surface area (Å²) in [5.41, 5.74) is 1.70. The molecule has 3 rings (SSSR count). The Balaban J connectivity index is 2.08. The number of phenols is 2. The van der Waals surface area contributed by atoms with Gasteiger partial charge in [-0.15, -0.1) is 0 Å². The number of nitrogens with zero attached hydrogens (tertiary/aromatic N) is 1. The molecule has 8 heteroatoms. The lowest BCUT2D eigenvalue weighted by atomic mass is 9.84. The highest BCUT2D eigenvalue weighted by Gasteiger charge is 2.32. The zero-order valence-corrected chi connectivity index (χ0v) is 19.3. The highest BCUT2D eigenvalue weighted by molar-refractivity contribution is 7.90. The van der Waals surface area contributed by atoms with Crippen molar-refractivity contribution in [1.29, 1.82) is 0 Å². The van der Waals surface area contributed by atoms with E-state index in [0.29, 0.717) is 24.8 Å². The molecule has 0 radical (unpaired) electrons. The Morgan fingerprint density at radius 2 is 2.06 bits per heavy atom. The van der Waals surface area contributed by atoms with Gasteiger partial charge in [-0.05, 0) is 62.8 Å². The highest BCUT2D eigenvalue weighted by atomic mass is 32.2. The largest absolute Gasteiger partial charge is 0.507 e. The van der Waals surface area contributed by atoms with Crippen molar-refractivity contribution in [3.05, 3.63) is 58.9 Å². The number of carbonyl (C=O) groups is 1. The molecule has 1 aromatic carbocycles. The normalized spacial score (nSPS) is 16.4. The summed E-state index contributed by atoms with van der Waals surface area (Å²) >= 11 is 0. The topological polar surface area (TPSA) is 117 Å². The molecule has 3 N–H and O–H groups in total. The summed E-state index contributed by atoms with van der Waals surface area (Å²) in [5, 5.41) is 21.9. The number of aromatic hydroxyl groups is 2. The number of phenolic OH excluding ortho intramolecular Hbond substituents is 2. The van der Waals surface area contributed by atoms with E-state index in [9.17, 15) is 23.4 Å². The second-order valence-corrected chi connectivity index (χ2v) is 9.91. The molecule has 0 saturated heterocycles. The predicted molar refractivity (Wildman–Crippen MR) is 122 cm³/mol. The molecule has 0 aliphatic heterocycles. The van der Waals surface area contributed by atoms with Crippen molar-refractivity contribution in [3.63, 3.8) is 0 Å². The number of hydrogen-bond donors (Lipinski definition) is 3. The van der Waals surface area contributed by atoms with Crippen LogP contribution < -0.4 is 4.72 Å². The molecule has 1 unspecified atom stereocenters. The zero-order chi connectivity index (χ0) is 23.3. The predicted octanol–water partition coefficient (Wildman–Crippen LogP) is 4.56. The van der Waals surface area contributed by atoms with E-state index >= 15 is 0 Å². The second-order valence-electron chi connectivity index (χ2n) is 8.29. The molecule has 1 aliphatic carbocycles. The first-order valence-corrected chi connectivity index (χ1v) is 12.4. The number of amides is 1. The molecule has 0 bridgehead atoms. The zero-order valence-electron chi connectivity index (χ0n) is 18.5. The van der Waals surface area contributed by atoms with Crippen LogP contribution in [0.25, 0.3) is 0 Å². The van der Waals surface area contributed by atoms with Gasteiger partial charge in [0.2, 0.25) is 0 Å². The third-order valence-corrected chi connectivity index (χ3v) is 7.21. The van der Waals surface area contributed by atoms with Crippen molar-refractivity contribution >= 4 is 15.9 Å². The van der Waals surface area contributed by atoms with Crippen molar-refractivity contribution in [2.75, 3.05) is 0 Å². The number of sulfonamides is 1. The highest BCUT2D eigenvalue weighted by Crippen LogP contribution is 2.45. The van der Waals surface area contributed by atoms with Crippen molar-refractivity contribution in [3.8, 4) is 11.5 Å². The third-order valence-electron chi connectivity index (χ3n) is 5.76. The van der Waals surface area contributed by atoms with Crippen molar-refractivity contribution in [2.24, 2.45) is 0 Å². The molecule has 1 aliphatic rings. The Bertz CT molecular complexity index is 1110. The summed E-state index contributed by atoms with van der Waals surface area (Å²) in [6.45, 7) is 4.01. The molecule has 0 spiro atoms. The molecule has 7 nitrogen and oxygen atoms in total. The van der Waals surface area contributed by atoms with Gasteiger partial charge in [-0.25, -0.2) is 13.1 Å². The Labute approximate surface area is 189 Å². The van der Waals surface area contributed by atoms with E-state index in [4.69, 9.17) is 0 Å². The van der Waals surface area contributed by atoms with Crippen LogP contribution in [-0.2, 0) is 16.4 Å². The van der Waals surface area contributed by atoms with E-state index in [0.717, 1.165) is 31.3 Å². The number of carbonyl (C=O) groups excluding carboxylic acids is 1. The minimum absolute atomic E-state index is 0.0907. The number of unbranched alkanes of at least 4 members (excludes halogenated alkanes) is 2. The molecule has 1 amide bonds. The van der Waals surface area contributed by atoms with Gasteiger partial charge in [-0.2, -0.15) is 0 Å². The molecule has 1 heterocycles. The van der Waals surface area contributed by atoms with Gasteiger partial charge in [0, 0.05) is 23.9 Å². The quantitative estimate of drug-likeness (QED) is 0.394. The van der Waals surface area contributed by atoms with E-state index in [1.807, 2.05) is 19.9 Å². The minimum Gasteiger partial charge on any atom is -0.507 e. The Hall–Kier alpha value is -2.87. The Morgan fingerprint density at radius 3 is 2.72 bits per heavy atom. The van der Waals surface area contributed by atoms with Crippen LogP contribution >= 0.6 is 0 Å². The maximum atomic E-state index is 13.3. The van der Waals surface area contributed by atoms with Crippen LogP contribution in [0.3, 0.4) is 0 Å². The van der Waals surface area contributed by atoms with Crippen LogP contribution in [0.2, 0.25) is 0 Å². The van der Waals surface area contributed by atoms with Gasteiger partial charge in [0.25, 0.3) is 15.9 Å². The number of aromatic nitrogens is 1. The maximum absolute atomic E-state index is 13.3. The number of benzene rings is 1. The number of nitrogens with one attached hydrogen (secondary N) is 1. The Morgan fingerprint density at radius 1 is 1.28 bits per heavy atom. The lowest BCUT2D eigenvalue weighted by Crippen LogP contribution is -2.31. The van der Waals surface area contributed by atoms with Crippen molar-refractivity contribution in [1.82, 2.24) is 9.71 Å². The van der Waals surface area contributed by atoms with E-state index in [1.165, 1.54) is 30.6 Å². The standard InChI is InChI=1S/C24H30N2O5S/c1-3-4-5-9-18-14-20(27)21(17-10-6-8-16(2)13-17)22(28)23(18)32(30,31)26-24(29)19-11-7-12-25-15-19/h7,11-15,17,27-28H,3-6,8-10H2,1-2H3,(H,26,29). The lowest BCUT2D eigenvalue weighted by molar-refractivity contribution is 0.0981. The van der Waals surface area contributed by atoms with Crippen molar-refractivity contribution < 1.29 is 23.4 Å². The average molecular weight is 459 g/mol. The van der Waals surface area contributed by atoms with Gasteiger partial charge >= 0.3 is 0 Å². The van der Waals surface area contributed by atoms with Gasteiger partial charge < -0.3 is 10.2 Å². The van der Waals surface area contributed by atoms with Crippen LogP contribution in [-0.4, -0.2) is 29.5 Å². The number of rotatable bonds is 8. The van der Waals surface area contributed by atoms with Gasteiger partial charge in [-0.1, -0.05) is 31.4 Å². The first-order valence-electron chi connectivity index (χ1n) is 11.0. The smallest absolute Gasteiger partial charge is 0.268 e. The molecule has 32 heavy (non-hydrogen) atoms. The summed E-state index contributed by atoms with van der Waals surface area (Å²) in [6, 6.07) is 4.41. The summed E-state index contributed by atoms with van der Waals surface area (Å²) in [5.74, 6) is -1.74. The van der Waals surface area contributed by atoms with E-state index < -0.39 is 21.7 Å². The van der Waals surface area contributed by atoms with Crippen LogP contribution in [0.1, 0.15) is 79.8 Å². The fourth-order valence-electron chi connectivity index (χ4n) is 4.19. The lowest BCUT2D eigenvalue weighted by Gasteiger charge is -2.24. The van der Waals surface area contributed by atoms with Crippen LogP contribution in [0, 0.1) is 0 Å². The molecular formula is C24H30N2O5S. The number of aryl methyl sites for hydroxylation is 1. The second kappa shape index (κ2) is 10.2. The summed E-state index contributed by atoms with van der Waals surface area (Å²) in [7, 11) is -4.41. The molecule has 0 fully saturated rings. The minimum atomic E-state index is -4.41. The molecule has 0 saturated carbocycles. The first kappa shape index (κ1) is 23.8. The fraction of sp³-hybridized carbons (Fsp3) is 0.417. The molecule has 172 valence electrons. The number of pyridine rings is 1. The maximum Gasteiger partial charge on any atom is 0.268 e. The summed E-state index contributed by atoms with van der Waals surface area (Å²) in [4.78, 5) is 16.0. The number of hydrogen-bond acceptors (Lipinski definition) is 6. The van der Waals surface area contributed by atoms with Crippen LogP contribution in [0.15, 0.2) is 47.1 Å². The monoisotopic (exact) mass is 458 g/mol. The molecule has 2 aromatic rings. The van der Waals surface area contributed by atoms with Gasteiger partial charge in [0.05, 0.1) is 5.56 Å². The first-order chi connectivity index (χ1) is 15.2. The van der Waals surface area contributed by atoms with E-state index in [2.05, 4.69) is 9.71 Å².